The van der Waals surface area contributed by atoms with Crippen LogP contribution in [0, 0.1) is 53.5 Å². The van der Waals surface area contributed by atoms with Gasteiger partial charge in [0.05, 0.1) is 27.8 Å². The molecule has 0 aliphatic rings. The van der Waals surface area contributed by atoms with Crippen LogP contribution in [0.25, 0.3) is 66.8 Å². The number of rotatable bonds is 6. The quantitative estimate of drug-likeness (QED) is 0.0958. The molecule has 7 rings (SSSR count). The third-order valence-corrected chi connectivity index (χ3v) is 9.08. The highest BCUT2D eigenvalue weighted by atomic mass is 19.4. The van der Waals surface area contributed by atoms with Crippen molar-refractivity contribution in [2.75, 3.05) is 0 Å². The molecule has 0 radical (unpaired) electrons. The molecule has 2 heterocycles. The van der Waals surface area contributed by atoms with Gasteiger partial charge < -0.3 is 0 Å². The Balaban J connectivity index is 1.71. The van der Waals surface area contributed by atoms with Crippen LogP contribution in [0.15, 0.2) is 110 Å². The maximum atomic E-state index is 16.8. The lowest BCUT2D eigenvalue weighted by atomic mass is 9.82. The molecule has 0 unspecified atom stereocenters. The second-order valence-electron chi connectivity index (χ2n) is 12.3. The predicted molar refractivity (Wildman–Crippen MR) is 184 cm³/mol. The van der Waals surface area contributed by atoms with E-state index in [-0.39, 0.29) is 22.3 Å². The normalized spacial score (nSPS) is 11.6. The molecule has 0 amide bonds. The first-order chi connectivity index (χ1) is 26.2. The second kappa shape index (κ2) is 14.1. The van der Waals surface area contributed by atoms with Crippen molar-refractivity contribution in [3.8, 4) is 66.8 Å². The van der Waals surface area contributed by atoms with Crippen LogP contribution in [0.2, 0.25) is 0 Å². The van der Waals surface area contributed by atoms with E-state index in [0.717, 1.165) is 54.9 Å². The second-order valence-corrected chi connectivity index (χ2v) is 12.3. The summed E-state index contributed by atoms with van der Waals surface area (Å²) in [6, 6.07) is 15.9. The minimum absolute atomic E-state index is 0.0664. The van der Waals surface area contributed by atoms with Gasteiger partial charge in [-0.15, -0.1) is 0 Å². The number of pyridine rings is 2. The average Bonchev–Trinajstić information content (AvgIpc) is 3.17. The summed E-state index contributed by atoms with van der Waals surface area (Å²) in [7, 11) is 0. The molecule has 276 valence electrons. The number of nitrogens with zero attached hydrogens (tertiary/aromatic N) is 2. The van der Waals surface area contributed by atoms with Crippen LogP contribution in [-0.2, 0) is 6.18 Å². The monoisotopic (exact) mass is 762 g/mol. The van der Waals surface area contributed by atoms with E-state index >= 15 is 35.1 Å². The smallest absolute Gasteiger partial charge is 0.264 e. The predicted octanol–water partition coefficient (Wildman–Crippen LogP) is 12.9. The molecular weight excluding hydrogens is 741 g/mol. The van der Waals surface area contributed by atoms with E-state index in [1.165, 1.54) is 49.6 Å². The summed E-state index contributed by atoms with van der Waals surface area (Å²) >= 11 is 0. The third-order valence-electron chi connectivity index (χ3n) is 9.08. The number of hydrogen-bond acceptors (Lipinski definition) is 2. The lowest BCUT2D eigenvalue weighted by Crippen LogP contribution is -2.09. The summed E-state index contributed by atoms with van der Waals surface area (Å²) in [6.45, 7) is 1.52. The van der Waals surface area contributed by atoms with Crippen molar-refractivity contribution in [2.45, 2.75) is 13.1 Å². The Morgan fingerprint density at radius 2 is 0.818 bits per heavy atom. The van der Waals surface area contributed by atoms with Crippen molar-refractivity contribution in [3.05, 3.63) is 167 Å². The molecule has 0 saturated carbocycles. The fourth-order valence-electron chi connectivity index (χ4n) is 6.57. The first-order valence-corrected chi connectivity index (χ1v) is 16.2. The van der Waals surface area contributed by atoms with Gasteiger partial charge in [0.25, 0.3) is 0 Å². The number of aryl methyl sites for hydroxylation is 1. The van der Waals surface area contributed by atoms with Gasteiger partial charge in [-0.2, -0.15) is 13.2 Å². The molecule has 0 atom stereocenters. The average molecular weight is 763 g/mol. The molecule has 7 aromatic rings. The Kier molecular flexibility index (Phi) is 9.49. The summed E-state index contributed by atoms with van der Waals surface area (Å²) in [5, 5.41) is 0. The summed E-state index contributed by atoms with van der Waals surface area (Å²) in [5.41, 5.74) is -9.90. The number of alkyl halides is 3. The van der Waals surface area contributed by atoms with Crippen LogP contribution < -0.4 is 0 Å². The van der Waals surface area contributed by atoms with E-state index in [9.17, 15) is 13.2 Å². The Hall–Kier alpha value is -6.37. The Bertz CT molecular complexity index is 2620. The molecule has 0 aliphatic carbocycles. The minimum atomic E-state index is -5.15. The van der Waals surface area contributed by atoms with Gasteiger partial charge in [-0.25, -0.2) is 35.1 Å². The van der Waals surface area contributed by atoms with Gasteiger partial charge in [0.15, 0.2) is 34.9 Å². The van der Waals surface area contributed by atoms with Gasteiger partial charge in [0, 0.05) is 35.9 Å². The van der Waals surface area contributed by atoms with Crippen molar-refractivity contribution >= 4 is 0 Å². The standard InChI is InChI=1S/C42H21F11N2/c1-20-8-2-3-11-23(20)25-16-28(33-35(44)31(22-10-7-15-55-19-22)37(46)41(50)39(33)48)26(24-12-4-5-13-29(24)42(51,52)53)17-27(25)32-34(43)30(21-9-6-14-54-18-21)36(45)40(49)38(32)47/h2-19H,1H3. The number of halogens is 11. The van der Waals surface area contributed by atoms with Crippen LogP contribution in [0.3, 0.4) is 0 Å². The molecule has 2 aromatic heterocycles. The van der Waals surface area contributed by atoms with Crippen molar-refractivity contribution in [2.24, 2.45) is 0 Å². The van der Waals surface area contributed by atoms with E-state index in [0.29, 0.717) is 11.6 Å². The number of aromatic nitrogens is 2. The Morgan fingerprint density at radius 1 is 0.400 bits per heavy atom. The van der Waals surface area contributed by atoms with Crippen LogP contribution in [0.4, 0.5) is 48.3 Å². The lowest BCUT2D eigenvalue weighted by Gasteiger charge is -2.23. The van der Waals surface area contributed by atoms with E-state index in [1.54, 1.807) is 6.07 Å². The molecule has 0 spiro atoms. The van der Waals surface area contributed by atoms with Crippen molar-refractivity contribution in [1.82, 2.24) is 9.97 Å². The molecule has 0 bridgehead atoms. The fraction of sp³-hybridized carbons (Fsp3) is 0.0476. The largest absolute Gasteiger partial charge is 0.417 e. The van der Waals surface area contributed by atoms with Gasteiger partial charge in [-0.05, 0) is 76.2 Å². The van der Waals surface area contributed by atoms with Gasteiger partial charge in [-0.1, -0.05) is 54.6 Å². The minimum Gasteiger partial charge on any atom is -0.264 e. The van der Waals surface area contributed by atoms with Gasteiger partial charge >= 0.3 is 6.18 Å². The number of benzene rings is 5. The molecule has 13 heteroatoms. The van der Waals surface area contributed by atoms with Crippen LogP contribution in [-0.4, -0.2) is 9.97 Å². The zero-order valence-corrected chi connectivity index (χ0v) is 27.9. The highest BCUT2D eigenvalue weighted by Crippen LogP contribution is 2.50. The first-order valence-electron chi connectivity index (χ1n) is 16.2. The van der Waals surface area contributed by atoms with Crippen molar-refractivity contribution < 1.29 is 48.3 Å². The Labute approximate surface area is 305 Å². The van der Waals surface area contributed by atoms with Gasteiger partial charge in [0.2, 0.25) is 0 Å². The maximum Gasteiger partial charge on any atom is 0.417 e. The zero-order valence-electron chi connectivity index (χ0n) is 27.9. The van der Waals surface area contributed by atoms with Crippen molar-refractivity contribution in [1.29, 1.82) is 0 Å². The van der Waals surface area contributed by atoms with Crippen LogP contribution in [0.5, 0.6) is 0 Å². The van der Waals surface area contributed by atoms with E-state index in [2.05, 4.69) is 9.97 Å². The van der Waals surface area contributed by atoms with E-state index in [1.807, 2.05) is 0 Å². The van der Waals surface area contributed by atoms with Crippen molar-refractivity contribution in [3.63, 3.8) is 0 Å². The SMILES string of the molecule is Cc1ccccc1-c1cc(-c2c(F)c(F)c(F)c(-c3cccnc3)c2F)c(-c2ccccc2C(F)(F)F)cc1-c1c(F)c(F)c(F)c(-c2cccnc2)c1F. The lowest BCUT2D eigenvalue weighted by molar-refractivity contribution is -0.137. The molecule has 0 N–H and O–H groups in total. The van der Waals surface area contributed by atoms with Crippen LogP contribution >= 0.6 is 0 Å². The molecule has 0 saturated heterocycles. The fourth-order valence-corrected chi connectivity index (χ4v) is 6.57. The highest BCUT2D eigenvalue weighted by molar-refractivity contribution is 5.98. The van der Waals surface area contributed by atoms with Gasteiger partial charge in [0.1, 0.15) is 11.6 Å². The first kappa shape index (κ1) is 37.0. The van der Waals surface area contributed by atoms with Gasteiger partial charge in [-0.3, -0.25) is 9.97 Å². The molecule has 0 aliphatic heterocycles. The summed E-state index contributed by atoms with van der Waals surface area (Å²) < 4.78 is 172. The topological polar surface area (TPSA) is 25.8 Å². The zero-order chi connectivity index (χ0) is 39.3. The molecule has 2 nitrogen and oxygen atoms in total. The third kappa shape index (κ3) is 6.28. The van der Waals surface area contributed by atoms with E-state index < -0.39 is 103 Å². The molecule has 55 heavy (non-hydrogen) atoms. The number of hydrogen-bond donors (Lipinski definition) is 0. The van der Waals surface area contributed by atoms with Crippen LogP contribution in [0.1, 0.15) is 11.1 Å². The molecular formula is C42H21F11N2. The van der Waals surface area contributed by atoms with E-state index in [4.69, 9.17) is 0 Å². The highest BCUT2D eigenvalue weighted by Gasteiger charge is 2.37. The summed E-state index contributed by atoms with van der Waals surface area (Å²) in [6.07, 6.45) is -0.765. The molecule has 5 aromatic carbocycles. The summed E-state index contributed by atoms with van der Waals surface area (Å²) in [5.74, 6) is -15.9. The Morgan fingerprint density at radius 3 is 1.25 bits per heavy atom. The summed E-state index contributed by atoms with van der Waals surface area (Å²) in [4.78, 5) is 7.54. The molecule has 0 fully saturated rings. The maximum absolute atomic E-state index is 16.8.